The first kappa shape index (κ1) is 11.6. The van der Waals surface area contributed by atoms with Crippen LogP contribution in [-0.2, 0) is 13.0 Å². The highest BCUT2D eigenvalue weighted by atomic mass is 19.1. The van der Waals surface area contributed by atoms with Crippen molar-refractivity contribution in [2.45, 2.75) is 19.9 Å². The van der Waals surface area contributed by atoms with Crippen molar-refractivity contribution >= 4 is 10.9 Å². The van der Waals surface area contributed by atoms with E-state index in [4.69, 9.17) is 0 Å². The van der Waals surface area contributed by atoms with Gasteiger partial charge in [0.2, 0.25) is 0 Å². The average Bonchev–Trinajstić information content (AvgIpc) is 2.92. The number of hydrogen-bond acceptors (Lipinski definition) is 0. The van der Waals surface area contributed by atoms with Gasteiger partial charge in [0.15, 0.2) is 0 Å². The summed E-state index contributed by atoms with van der Waals surface area (Å²) in [5.41, 5.74) is 4.93. The molecule has 4 rings (SSSR count). The van der Waals surface area contributed by atoms with Crippen molar-refractivity contribution in [2.24, 2.45) is 0 Å². The molecule has 100 valence electrons. The molecule has 20 heavy (non-hydrogen) atoms. The van der Waals surface area contributed by atoms with Gasteiger partial charge < -0.3 is 4.57 Å². The number of nitrogens with zero attached hydrogens (tertiary/aromatic N) is 1. The van der Waals surface area contributed by atoms with Gasteiger partial charge >= 0.3 is 0 Å². The van der Waals surface area contributed by atoms with Crippen molar-refractivity contribution < 1.29 is 8.78 Å². The zero-order valence-electron chi connectivity index (χ0n) is 11.1. The summed E-state index contributed by atoms with van der Waals surface area (Å²) in [6.45, 7) is 2.68. The van der Waals surface area contributed by atoms with Gasteiger partial charge in [0.05, 0.1) is 11.2 Å². The first-order valence-corrected chi connectivity index (χ1v) is 6.79. The third-order valence-electron chi connectivity index (χ3n) is 4.13. The van der Waals surface area contributed by atoms with E-state index >= 15 is 0 Å². The largest absolute Gasteiger partial charge is 0.333 e. The fourth-order valence-electron chi connectivity index (χ4n) is 3.36. The van der Waals surface area contributed by atoms with E-state index in [1.165, 1.54) is 11.6 Å². The van der Waals surface area contributed by atoms with Crippen LogP contribution < -0.4 is 0 Å². The highest BCUT2D eigenvalue weighted by Crippen LogP contribution is 2.42. The Kier molecular flexibility index (Phi) is 2.28. The van der Waals surface area contributed by atoms with Crippen molar-refractivity contribution in [3.8, 4) is 11.3 Å². The Morgan fingerprint density at radius 2 is 1.95 bits per heavy atom. The van der Waals surface area contributed by atoms with Gasteiger partial charge in [-0.3, -0.25) is 0 Å². The molecule has 0 saturated carbocycles. The lowest BCUT2D eigenvalue weighted by molar-refractivity contribution is 0.587. The predicted octanol–water partition coefficient (Wildman–Crippen LogP) is 4.51. The number of aromatic nitrogens is 1. The van der Waals surface area contributed by atoms with Gasteiger partial charge in [-0.1, -0.05) is 31.2 Å². The first-order chi connectivity index (χ1) is 9.70. The second kappa shape index (κ2) is 3.92. The van der Waals surface area contributed by atoms with Crippen LogP contribution in [0.1, 0.15) is 18.1 Å². The van der Waals surface area contributed by atoms with E-state index < -0.39 is 11.6 Å². The van der Waals surface area contributed by atoms with Crippen LogP contribution in [0.15, 0.2) is 36.4 Å². The summed E-state index contributed by atoms with van der Waals surface area (Å²) in [4.78, 5) is 0. The fraction of sp³-hybridized carbons (Fsp3) is 0.176. The Labute approximate surface area is 115 Å². The topological polar surface area (TPSA) is 4.93 Å². The number of halogens is 2. The Hall–Kier alpha value is -2.16. The van der Waals surface area contributed by atoms with Gasteiger partial charge in [-0.15, -0.1) is 0 Å². The molecule has 0 bridgehead atoms. The first-order valence-electron chi connectivity index (χ1n) is 6.79. The van der Waals surface area contributed by atoms with Gasteiger partial charge in [-0.2, -0.15) is 0 Å². The zero-order valence-corrected chi connectivity index (χ0v) is 11.1. The molecule has 0 fully saturated rings. The third kappa shape index (κ3) is 1.35. The van der Waals surface area contributed by atoms with Crippen LogP contribution in [0.5, 0.6) is 0 Å². The Morgan fingerprint density at radius 1 is 1.15 bits per heavy atom. The summed E-state index contributed by atoms with van der Waals surface area (Å²) in [7, 11) is 0. The second-order valence-electron chi connectivity index (χ2n) is 5.21. The van der Waals surface area contributed by atoms with Crippen LogP contribution in [-0.4, -0.2) is 4.57 Å². The molecular formula is C17H13F2N. The van der Waals surface area contributed by atoms with E-state index in [0.717, 1.165) is 29.3 Å². The van der Waals surface area contributed by atoms with Crippen LogP contribution in [0.2, 0.25) is 0 Å². The molecule has 1 nitrogen and oxygen atoms in total. The molecule has 0 saturated heterocycles. The monoisotopic (exact) mass is 269 g/mol. The van der Waals surface area contributed by atoms with Crippen LogP contribution in [0.4, 0.5) is 8.78 Å². The van der Waals surface area contributed by atoms with E-state index in [9.17, 15) is 8.78 Å². The molecule has 0 amide bonds. The normalized spacial score (nSPS) is 12.8. The molecule has 2 aromatic carbocycles. The van der Waals surface area contributed by atoms with Crippen molar-refractivity contribution in [1.29, 1.82) is 0 Å². The Morgan fingerprint density at radius 3 is 2.75 bits per heavy atom. The highest BCUT2D eigenvalue weighted by molar-refractivity contribution is 5.94. The molecule has 0 spiro atoms. The maximum absolute atomic E-state index is 14.2. The summed E-state index contributed by atoms with van der Waals surface area (Å²) in [6, 6.07) is 10.5. The summed E-state index contributed by atoms with van der Waals surface area (Å²) in [5, 5.41) is 0.703. The molecule has 3 heteroatoms. The number of rotatable bonds is 1. The Bertz CT molecular complexity index is 846. The molecule has 0 aliphatic carbocycles. The standard InChI is InChI=1S/C17H13F2N/c1-2-12-14-7-11(18)8-15(19)17(14)20-9-10-5-3-4-6-13(10)16(12)20/h3-8H,2,9H2,1H3. The molecule has 3 aromatic rings. The Balaban J connectivity index is 2.18. The maximum atomic E-state index is 14.2. The van der Waals surface area contributed by atoms with Crippen LogP contribution in [0, 0.1) is 11.6 Å². The van der Waals surface area contributed by atoms with Crippen molar-refractivity contribution in [3.05, 3.63) is 59.2 Å². The molecular weight excluding hydrogens is 256 g/mol. The van der Waals surface area contributed by atoms with E-state index in [-0.39, 0.29) is 0 Å². The van der Waals surface area contributed by atoms with Crippen LogP contribution >= 0.6 is 0 Å². The quantitative estimate of drug-likeness (QED) is 0.479. The van der Waals surface area contributed by atoms with Gasteiger partial charge in [0.1, 0.15) is 11.6 Å². The molecule has 0 N–H and O–H groups in total. The predicted molar refractivity (Wildman–Crippen MR) is 75.8 cm³/mol. The summed E-state index contributed by atoms with van der Waals surface area (Å²) in [6.07, 6.45) is 0.760. The SMILES string of the molecule is CCc1c2n(c3c(F)cc(F)cc13)Cc1ccccc1-2. The molecule has 0 unspecified atom stereocenters. The average molecular weight is 269 g/mol. The minimum atomic E-state index is -0.512. The molecule has 1 aliphatic heterocycles. The number of aryl methyl sites for hydroxylation is 1. The molecule has 1 aliphatic rings. The maximum Gasteiger partial charge on any atom is 0.150 e. The minimum absolute atomic E-state index is 0.478. The lowest BCUT2D eigenvalue weighted by Gasteiger charge is -2.02. The van der Waals surface area contributed by atoms with Gasteiger partial charge in [0, 0.05) is 23.6 Å². The smallest absolute Gasteiger partial charge is 0.150 e. The van der Waals surface area contributed by atoms with Crippen molar-refractivity contribution in [2.75, 3.05) is 0 Å². The van der Waals surface area contributed by atoms with E-state index in [2.05, 4.69) is 12.1 Å². The van der Waals surface area contributed by atoms with E-state index in [1.807, 2.05) is 23.6 Å². The van der Waals surface area contributed by atoms with Gasteiger partial charge in [-0.25, -0.2) is 8.78 Å². The molecule has 0 radical (unpaired) electrons. The molecule has 2 heterocycles. The number of hydrogen-bond donors (Lipinski definition) is 0. The summed E-state index contributed by atoms with van der Waals surface area (Å²) in [5.74, 6) is -0.990. The summed E-state index contributed by atoms with van der Waals surface area (Å²) >= 11 is 0. The highest BCUT2D eigenvalue weighted by Gasteiger charge is 2.26. The summed E-state index contributed by atoms with van der Waals surface area (Å²) < 4.78 is 29.7. The second-order valence-corrected chi connectivity index (χ2v) is 5.21. The van der Waals surface area contributed by atoms with E-state index in [0.29, 0.717) is 17.4 Å². The third-order valence-corrected chi connectivity index (χ3v) is 4.13. The lowest BCUT2D eigenvalue weighted by atomic mass is 10.0. The van der Waals surface area contributed by atoms with Gasteiger partial charge in [0.25, 0.3) is 0 Å². The van der Waals surface area contributed by atoms with E-state index in [1.54, 1.807) is 0 Å². The lowest BCUT2D eigenvalue weighted by Crippen LogP contribution is -1.95. The zero-order chi connectivity index (χ0) is 13.9. The number of benzene rings is 2. The minimum Gasteiger partial charge on any atom is -0.333 e. The fourth-order valence-corrected chi connectivity index (χ4v) is 3.36. The van der Waals surface area contributed by atoms with Gasteiger partial charge in [-0.05, 0) is 23.6 Å². The van der Waals surface area contributed by atoms with Crippen LogP contribution in [0.3, 0.4) is 0 Å². The molecule has 0 atom stereocenters. The number of fused-ring (bicyclic) bond motifs is 5. The van der Waals surface area contributed by atoms with Crippen molar-refractivity contribution in [1.82, 2.24) is 4.57 Å². The van der Waals surface area contributed by atoms with Crippen LogP contribution in [0.25, 0.3) is 22.2 Å². The molecule has 1 aromatic heterocycles. The van der Waals surface area contributed by atoms with Crippen molar-refractivity contribution in [3.63, 3.8) is 0 Å².